The number of nitrogens with one attached hydrogen (secondary N) is 1. The smallest absolute Gasteiger partial charge is 0.288 e. The van der Waals surface area contributed by atoms with Gasteiger partial charge < -0.3 is 10.2 Å². The third kappa shape index (κ3) is 3.30. The number of hydrogen-bond acceptors (Lipinski definition) is 3. The minimum absolute atomic E-state index is 0.105. The van der Waals surface area contributed by atoms with Crippen LogP contribution in [0.3, 0.4) is 0 Å². The maximum atomic E-state index is 12.9. The molecule has 1 N–H and O–H groups in total. The zero-order valence-corrected chi connectivity index (χ0v) is 15.3. The minimum atomic E-state index is -0.298. The van der Waals surface area contributed by atoms with Crippen molar-refractivity contribution in [2.45, 2.75) is 25.8 Å². The van der Waals surface area contributed by atoms with Crippen molar-refractivity contribution in [2.24, 2.45) is 0 Å². The number of nitrogens with zero attached hydrogens (tertiary/aromatic N) is 3. The Morgan fingerprint density at radius 1 is 1.04 bits per heavy atom. The summed E-state index contributed by atoms with van der Waals surface area (Å²) in [6.07, 6.45) is 3.80. The highest BCUT2D eigenvalue weighted by atomic mass is 16.2. The average molecular weight is 362 g/mol. The molecule has 0 radical (unpaired) electrons. The summed E-state index contributed by atoms with van der Waals surface area (Å²) in [4.78, 5) is 32.0. The molecule has 1 aliphatic rings. The Kier molecular flexibility index (Phi) is 4.62. The van der Waals surface area contributed by atoms with Crippen molar-refractivity contribution in [2.75, 3.05) is 13.1 Å². The summed E-state index contributed by atoms with van der Waals surface area (Å²) in [5.41, 5.74) is 2.02. The Morgan fingerprint density at radius 3 is 2.48 bits per heavy atom. The number of carbonyl (C=O) groups is 2. The van der Waals surface area contributed by atoms with Gasteiger partial charge in [-0.15, -0.1) is 0 Å². The molecule has 1 unspecified atom stereocenters. The Balaban J connectivity index is 1.65. The van der Waals surface area contributed by atoms with Crippen LogP contribution in [-0.2, 0) is 0 Å². The van der Waals surface area contributed by atoms with Gasteiger partial charge in [0.1, 0.15) is 0 Å². The van der Waals surface area contributed by atoms with E-state index in [0.29, 0.717) is 11.2 Å². The van der Waals surface area contributed by atoms with Gasteiger partial charge in [0.05, 0.1) is 11.6 Å². The normalized spacial score (nSPS) is 15.1. The molecule has 3 aromatic rings. The molecular formula is C21H22N4O2. The van der Waals surface area contributed by atoms with Crippen LogP contribution in [0.2, 0.25) is 0 Å². The molecule has 0 aliphatic carbocycles. The van der Waals surface area contributed by atoms with Gasteiger partial charge in [-0.25, -0.2) is 4.98 Å². The number of hydrogen-bond donors (Lipinski definition) is 1. The minimum Gasteiger partial charge on any atom is -0.343 e. The largest absolute Gasteiger partial charge is 0.343 e. The third-order valence-electron chi connectivity index (χ3n) is 4.99. The summed E-state index contributed by atoms with van der Waals surface area (Å²) < 4.78 is 1.69. The number of benzene rings is 1. The molecule has 1 aromatic carbocycles. The highest BCUT2D eigenvalue weighted by Crippen LogP contribution is 2.19. The summed E-state index contributed by atoms with van der Waals surface area (Å²) >= 11 is 0. The monoisotopic (exact) mass is 362 g/mol. The van der Waals surface area contributed by atoms with Crippen molar-refractivity contribution in [1.29, 1.82) is 0 Å². The van der Waals surface area contributed by atoms with E-state index in [1.807, 2.05) is 60.4 Å². The Bertz CT molecular complexity index is 974. The molecule has 3 heterocycles. The molecular weight excluding hydrogens is 340 g/mol. The van der Waals surface area contributed by atoms with E-state index in [1.54, 1.807) is 10.6 Å². The number of pyridine rings is 1. The fraction of sp³-hybridized carbons (Fsp3) is 0.286. The van der Waals surface area contributed by atoms with Crippen LogP contribution in [0, 0.1) is 0 Å². The zero-order valence-electron chi connectivity index (χ0n) is 15.3. The number of fused-ring (bicyclic) bond motifs is 1. The highest BCUT2D eigenvalue weighted by molar-refractivity contribution is 6.02. The van der Waals surface area contributed by atoms with Gasteiger partial charge in [-0.2, -0.15) is 0 Å². The van der Waals surface area contributed by atoms with Gasteiger partial charge in [-0.1, -0.05) is 36.4 Å². The van der Waals surface area contributed by atoms with Crippen LogP contribution < -0.4 is 5.32 Å². The SMILES string of the molecule is CC(NC(=O)c1nc(C(=O)N2CCCC2)c2ccccn12)c1ccccc1. The number of rotatable bonds is 4. The Labute approximate surface area is 157 Å². The van der Waals surface area contributed by atoms with Crippen LogP contribution in [0.5, 0.6) is 0 Å². The van der Waals surface area contributed by atoms with Crippen molar-refractivity contribution in [1.82, 2.24) is 19.6 Å². The maximum absolute atomic E-state index is 12.9. The van der Waals surface area contributed by atoms with E-state index in [0.717, 1.165) is 31.5 Å². The van der Waals surface area contributed by atoms with Crippen molar-refractivity contribution in [3.63, 3.8) is 0 Å². The predicted molar refractivity (Wildman–Crippen MR) is 103 cm³/mol. The van der Waals surface area contributed by atoms with Gasteiger partial charge >= 0.3 is 0 Å². The molecule has 2 amide bonds. The molecule has 4 rings (SSSR count). The number of imidazole rings is 1. The summed E-state index contributed by atoms with van der Waals surface area (Å²) in [7, 11) is 0. The van der Waals surface area contributed by atoms with Gasteiger partial charge in [0.25, 0.3) is 11.8 Å². The number of amides is 2. The first-order valence-electron chi connectivity index (χ1n) is 9.27. The average Bonchev–Trinajstić information content (AvgIpc) is 3.36. The topological polar surface area (TPSA) is 66.7 Å². The predicted octanol–water partition coefficient (Wildman–Crippen LogP) is 3.06. The molecule has 0 bridgehead atoms. The lowest BCUT2D eigenvalue weighted by atomic mass is 10.1. The quantitative estimate of drug-likeness (QED) is 0.776. The second kappa shape index (κ2) is 7.23. The van der Waals surface area contributed by atoms with E-state index in [-0.39, 0.29) is 23.7 Å². The first kappa shape index (κ1) is 17.3. The van der Waals surface area contributed by atoms with E-state index < -0.39 is 0 Å². The molecule has 1 saturated heterocycles. The fourth-order valence-corrected chi connectivity index (χ4v) is 3.51. The molecule has 6 nitrogen and oxygen atoms in total. The Morgan fingerprint density at radius 2 is 1.74 bits per heavy atom. The lowest BCUT2D eigenvalue weighted by Crippen LogP contribution is -2.29. The van der Waals surface area contributed by atoms with Gasteiger partial charge in [0.2, 0.25) is 5.82 Å². The molecule has 1 atom stereocenters. The number of carbonyl (C=O) groups excluding carboxylic acids is 2. The van der Waals surface area contributed by atoms with Crippen LogP contribution in [0.1, 0.15) is 52.5 Å². The van der Waals surface area contributed by atoms with Gasteiger partial charge in [-0.05, 0) is 37.5 Å². The number of aromatic nitrogens is 2. The fourth-order valence-electron chi connectivity index (χ4n) is 3.51. The molecule has 138 valence electrons. The highest BCUT2D eigenvalue weighted by Gasteiger charge is 2.27. The van der Waals surface area contributed by atoms with Crippen LogP contribution in [-0.4, -0.2) is 39.2 Å². The first-order valence-corrected chi connectivity index (χ1v) is 9.27. The summed E-state index contributed by atoms with van der Waals surface area (Å²) in [6.45, 7) is 3.42. The zero-order chi connectivity index (χ0) is 18.8. The van der Waals surface area contributed by atoms with Crippen molar-refractivity contribution in [3.05, 3.63) is 71.8 Å². The van der Waals surface area contributed by atoms with Gasteiger partial charge in [0, 0.05) is 19.3 Å². The standard InChI is InChI=1S/C21H22N4O2/c1-15(16-9-3-2-4-10-16)22-20(26)19-23-18(17-11-5-6-14-25(17)19)21(27)24-12-7-8-13-24/h2-6,9-11,14-15H,7-8,12-13H2,1H3,(H,22,26). The summed E-state index contributed by atoms with van der Waals surface area (Å²) in [5.74, 6) is -0.171. The van der Waals surface area contributed by atoms with E-state index in [4.69, 9.17) is 0 Å². The van der Waals surface area contributed by atoms with Crippen molar-refractivity contribution in [3.8, 4) is 0 Å². The molecule has 2 aromatic heterocycles. The van der Waals surface area contributed by atoms with E-state index in [1.165, 1.54) is 0 Å². The van der Waals surface area contributed by atoms with Crippen LogP contribution in [0.15, 0.2) is 54.7 Å². The molecule has 1 fully saturated rings. The molecule has 0 saturated carbocycles. The first-order chi connectivity index (χ1) is 13.1. The lowest BCUT2D eigenvalue weighted by molar-refractivity contribution is 0.0789. The number of likely N-dealkylation sites (tertiary alicyclic amines) is 1. The maximum Gasteiger partial charge on any atom is 0.288 e. The van der Waals surface area contributed by atoms with Crippen LogP contribution >= 0.6 is 0 Å². The molecule has 27 heavy (non-hydrogen) atoms. The Hall–Kier alpha value is -3.15. The summed E-state index contributed by atoms with van der Waals surface area (Å²) in [6, 6.07) is 15.1. The van der Waals surface area contributed by atoms with Crippen molar-refractivity contribution < 1.29 is 9.59 Å². The lowest BCUT2D eigenvalue weighted by Gasteiger charge is -2.13. The molecule has 1 aliphatic heterocycles. The van der Waals surface area contributed by atoms with Crippen LogP contribution in [0.25, 0.3) is 5.52 Å². The third-order valence-corrected chi connectivity index (χ3v) is 4.99. The molecule has 0 spiro atoms. The second-order valence-corrected chi connectivity index (χ2v) is 6.85. The summed E-state index contributed by atoms with van der Waals surface area (Å²) in [5, 5.41) is 2.98. The molecule has 6 heteroatoms. The van der Waals surface area contributed by atoms with Gasteiger partial charge in [-0.3, -0.25) is 14.0 Å². The second-order valence-electron chi connectivity index (χ2n) is 6.85. The van der Waals surface area contributed by atoms with E-state index in [9.17, 15) is 9.59 Å². The van der Waals surface area contributed by atoms with E-state index >= 15 is 0 Å². The van der Waals surface area contributed by atoms with Crippen molar-refractivity contribution >= 4 is 17.3 Å². The van der Waals surface area contributed by atoms with E-state index in [2.05, 4.69) is 10.3 Å². The van der Waals surface area contributed by atoms with Gasteiger partial charge in [0.15, 0.2) is 5.69 Å². The van der Waals surface area contributed by atoms with Crippen LogP contribution in [0.4, 0.5) is 0 Å².